The number of anilines is 1. The van der Waals surface area contributed by atoms with Crippen LogP contribution in [-0.4, -0.2) is 37.1 Å². The van der Waals surface area contributed by atoms with Crippen molar-refractivity contribution in [2.24, 2.45) is 0 Å². The summed E-state index contributed by atoms with van der Waals surface area (Å²) in [4.78, 5) is 35.1. The van der Waals surface area contributed by atoms with Crippen LogP contribution in [0.25, 0.3) is 0 Å². The molecule has 0 aromatic heterocycles. The number of nitrogens with one attached hydrogen (secondary N) is 1. The summed E-state index contributed by atoms with van der Waals surface area (Å²) in [5, 5.41) is 13.7. The molecule has 10 heteroatoms. The number of carbonyl (C=O) groups excluding carboxylic acids is 2. The lowest BCUT2D eigenvalue weighted by Crippen LogP contribution is -2.30. The number of nitro groups is 1. The van der Waals surface area contributed by atoms with Gasteiger partial charge in [0, 0.05) is 17.2 Å². The van der Waals surface area contributed by atoms with Crippen LogP contribution in [0.2, 0.25) is 5.02 Å². The first-order chi connectivity index (χ1) is 13.3. The minimum absolute atomic E-state index is 0.0579. The number of halogens is 1. The van der Waals surface area contributed by atoms with Crippen molar-refractivity contribution in [2.75, 3.05) is 19.5 Å². The third kappa shape index (κ3) is 4.89. The van der Waals surface area contributed by atoms with Crippen LogP contribution in [-0.2, 0) is 9.53 Å². The number of carbonyl (C=O) groups is 2. The summed E-state index contributed by atoms with van der Waals surface area (Å²) in [6, 6.07) is 8.13. The van der Waals surface area contributed by atoms with Crippen LogP contribution in [0.1, 0.15) is 17.3 Å². The van der Waals surface area contributed by atoms with E-state index in [1.165, 1.54) is 45.4 Å². The zero-order valence-electron chi connectivity index (χ0n) is 15.2. The molecule has 1 atom stereocenters. The summed E-state index contributed by atoms with van der Waals surface area (Å²) in [5.74, 6) is -1.06. The Morgan fingerprint density at radius 1 is 1.11 bits per heavy atom. The van der Waals surface area contributed by atoms with E-state index in [2.05, 4.69) is 5.32 Å². The summed E-state index contributed by atoms with van der Waals surface area (Å²) >= 11 is 5.89. The van der Waals surface area contributed by atoms with Gasteiger partial charge >= 0.3 is 5.97 Å². The number of nitrogens with zero attached hydrogens (tertiary/aromatic N) is 1. The minimum Gasteiger partial charge on any atom is -0.496 e. The molecule has 0 unspecified atom stereocenters. The third-order valence-electron chi connectivity index (χ3n) is 3.69. The predicted molar refractivity (Wildman–Crippen MR) is 101 cm³/mol. The Bertz CT molecular complexity index is 917. The minimum atomic E-state index is -1.21. The third-order valence-corrected chi connectivity index (χ3v) is 3.92. The number of esters is 1. The number of amides is 1. The highest BCUT2D eigenvalue weighted by molar-refractivity contribution is 6.31. The lowest BCUT2D eigenvalue weighted by molar-refractivity contribution is -0.384. The summed E-state index contributed by atoms with van der Waals surface area (Å²) in [6.45, 7) is 1.36. The van der Waals surface area contributed by atoms with Gasteiger partial charge < -0.3 is 19.5 Å². The van der Waals surface area contributed by atoms with Crippen molar-refractivity contribution in [2.45, 2.75) is 13.0 Å². The van der Waals surface area contributed by atoms with Crippen LogP contribution in [0.4, 0.5) is 11.4 Å². The molecular weight excluding hydrogens is 392 g/mol. The van der Waals surface area contributed by atoms with E-state index in [1.807, 2.05) is 0 Å². The normalized spacial score (nSPS) is 11.3. The average molecular weight is 409 g/mol. The molecule has 28 heavy (non-hydrogen) atoms. The van der Waals surface area contributed by atoms with E-state index in [0.29, 0.717) is 5.02 Å². The molecule has 0 radical (unpaired) electrons. The smallest absolute Gasteiger partial charge is 0.342 e. The average Bonchev–Trinajstić information content (AvgIpc) is 2.67. The van der Waals surface area contributed by atoms with Crippen molar-refractivity contribution in [1.29, 1.82) is 0 Å². The van der Waals surface area contributed by atoms with Crippen LogP contribution in [0.15, 0.2) is 36.4 Å². The first kappa shape index (κ1) is 21.0. The van der Waals surface area contributed by atoms with Crippen LogP contribution >= 0.6 is 11.6 Å². The molecule has 0 bridgehead atoms. The zero-order chi connectivity index (χ0) is 20.8. The van der Waals surface area contributed by atoms with E-state index in [4.69, 9.17) is 25.8 Å². The van der Waals surface area contributed by atoms with Crippen LogP contribution < -0.4 is 14.8 Å². The molecule has 0 heterocycles. The standard InChI is InChI=1S/C18H17ClN2O7/c1-10(28-18(23)13-8-11(19)4-6-15(13)26-2)17(22)20-14-9-12(21(24)25)5-7-16(14)27-3/h4-10H,1-3H3,(H,20,22)/t10-/m1/s1. The summed E-state index contributed by atoms with van der Waals surface area (Å²) < 4.78 is 15.3. The fourth-order valence-corrected chi connectivity index (χ4v) is 2.43. The highest BCUT2D eigenvalue weighted by Crippen LogP contribution is 2.29. The number of rotatable bonds is 7. The number of hydrogen-bond donors (Lipinski definition) is 1. The number of non-ortho nitro benzene ring substituents is 1. The zero-order valence-corrected chi connectivity index (χ0v) is 16.0. The molecule has 0 aliphatic carbocycles. The van der Waals surface area contributed by atoms with Crippen LogP contribution in [0.3, 0.4) is 0 Å². The molecule has 2 rings (SSSR count). The fraction of sp³-hybridized carbons (Fsp3) is 0.222. The molecule has 0 aliphatic heterocycles. The maximum atomic E-state index is 12.4. The fourth-order valence-electron chi connectivity index (χ4n) is 2.26. The van der Waals surface area contributed by atoms with Gasteiger partial charge in [-0.15, -0.1) is 0 Å². The van der Waals surface area contributed by atoms with Gasteiger partial charge in [-0.25, -0.2) is 4.79 Å². The van der Waals surface area contributed by atoms with E-state index in [9.17, 15) is 19.7 Å². The van der Waals surface area contributed by atoms with Gasteiger partial charge in [0.05, 0.1) is 24.8 Å². The molecule has 9 nitrogen and oxygen atoms in total. The van der Waals surface area contributed by atoms with E-state index in [0.717, 1.165) is 6.07 Å². The van der Waals surface area contributed by atoms with Crippen molar-refractivity contribution in [3.05, 3.63) is 57.1 Å². The maximum Gasteiger partial charge on any atom is 0.342 e. The first-order valence-corrected chi connectivity index (χ1v) is 8.32. The molecule has 1 amide bonds. The van der Waals surface area contributed by atoms with Gasteiger partial charge in [-0.3, -0.25) is 14.9 Å². The Morgan fingerprint density at radius 2 is 1.75 bits per heavy atom. The van der Waals surface area contributed by atoms with E-state index in [-0.39, 0.29) is 28.4 Å². The Balaban J connectivity index is 2.15. The highest BCUT2D eigenvalue weighted by Gasteiger charge is 2.23. The van der Waals surface area contributed by atoms with Crippen molar-refractivity contribution in [3.63, 3.8) is 0 Å². The quantitative estimate of drug-likeness (QED) is 0.423. The number of hydrogen-bond acceptors (Lipinski definition) is 7. The first-order valence-electron chi connectivity index (χ1n) is 7.94. The Hall–Kier alpha value is -3.33. The topological polar surface area (TPSA) is 117 Å². The number of methoxy groups -OCH3 is 2. The molecule has 0 saturated heterocycles. The van der Waals surface area contributed by atoms with Gasteiger partial charge in [-0.2, -0.15) is 0 Å². The SMILES string of the molecule is COc1ccc([N+](=O)[O-])cc1NC(=O)[C@@H](C)OC(=O)c1cc(Cl)ccc1OC. The van der Waals surface area contributed by atoms with Crippen LogP contribution in [0, 0.1) is 10.1 Å². The second-order valence-corrected chi connectivity index (χ2v) is 5.96. The van der Waals surface area contributed by atoms with Crippen molar-refractivity contribution < 1.29 is 28.7 Å². The lowest BCUT2D eigenvalue weighted by Gasteiger charge is -2.16. The molecule has 2 aromatic rings. The van der Waals surface area contributed by atoms with Gasteiger partial charge in [0.25, 0.3) is 11.6 Å². The van der Waals surface area contributed by atoms with E-state index in [1.54, 1.807) is 6.07 Å². The molecule has 148 valence electrons. The van der Waals surface area contributed by atoms with Gasteiger partial charge in [0.15, 0.2) is 6.10 Å². The molecule has 2 aromatic carbocycles. The van der Waals surface area contributed by atoms with E-state index < -0.39 is 22.9 Å². The molecule has 0 spiro atoms. The number of ether oxygens (including phenoxy) is 3. The monoisotopic (exact) mass is 408 g/mol. The second-order valence-electron chi connectivity index (χ2n) is 5.52. The molecular formula is C18H17ClN2O7. The molecule has 0 aliphatic rings. The summed E-state index contributed by atoms with van der Waals surface area (Å²) in [6.07, 6.45) is -1.21. The Morgan fingerprint density at radius 3 is 2.36 bits per heavy atom. The Kier molecular flexibility index (Phi) is 6.78. The van der Waals surface area contributed by atoms with E-state index >= 15 is 0 Å². The largest absolute Gasteiger partial charge is 0.496 e. The van der Waals surface area contributed by atoms with Crippen LogP contribution in [0.5, 0.6) is 11.5 Å². The van der Waals surface area contributed by atoms with Crippen molar-refractivity contribution >= 4 is 34.9 Å². The van der Waals surface area contributed by atoms with Gasteiger partial charge in [0.2, 0.25) is 0 Å². The predicted octanol–water partition coefficient (Wildman–Crippen LogP) is 3.45. The summed E-state index contributed by atoms with van der Waals surface area (Å²) in [7, 11) is 2.73. The van der Waals surface area contributed by atoms with Crippen molar-refractivity contribution in [3.8, 4) is 11.5 Å². The molecule has 0 fully saturated rings. The van der Waals surface area contributed by atoms with Gasteiger partial charge in [-0.1, -0.05) is 11.6 Å². The molecule has 1 N–H and O–H groups in total. The lowest BCUT2D eigenvalue weighted by atomic mass is 10.2. The second kappa shape index (κ2) is 9.05. The summed E-state index contributed by atoms with van der Waals surface area (Å²) in [5.41, 5.74) is -0.100. The highest BCUT2D eigenvalue weighted by atomic mass is 35.5. The maximum absolute atomic E-state index is 12.4. The van der Waals surface area contributed by atoms with Gasteiger partial charge in [-0.05, 0) is 31.2 Å². The van der Waals surface area contributed by atoms with Gasteiger partial charge in [0.1, 0.15) is 17.1 Å². The molecule has 0 saturated carbocycles. The number of benzene rings is 2. The Labute approximate surface area is 165 Å². The number of nitro benzene ring substituents is 1. The van der Waals surface area contributed by atoms with Crippen molar-refractivity contribution in [1.82, 2.24) is 0 Å².